The van der Waals surface area contributed by atoms with Crippen molar-refractivity contribution in [2.75, 3.05) is 0 Å². The Balaban J connectivity index is 2.02. The van der Waals surface area contributed by atoms with E-state index in [0.717, 1.165) is 0 Å². The van der Waals surface area contributed by atoms with E-state index in [4.69, 9.17) is 4.99 Å². The van der Waals surface area contributed by atoms with Crippen LogP contribution in [-0.4, -0.2) is 11.8 Å². The lowest BCUT2D eigenvalue weighted by Gasteiger charge is -2.18. The third-order valence-electron chi connectivity index (χ3n) is 2.83. The van der Waals surface area contributed by atoms with Crippen molar-refractivity contribution in [2.45, 2.75) is 45.1 Å². The Bertz CT molecular complexity index is 294. The highest BCUT2D eigenvalue weighted by Gasteiger charge is 2.12. The maximum absolute atomic E-state index is 4.81. The van der Waals surface area contributed by atoms with Gasteiger partial charge in [-0.25, -0.2) is 0 Å². The number of thiophene rings is 1. The molecule has 0 spiro atoms. The minimum atomic E-state index is 0.603. The van der Waals surface area contributed by atoms with Gasteiger partial charge in [-0.05, 0) is 31.2 Å². The SMILES string of the molecule is CC(=NC1CCCCC1)c1cccs1. The van der Waals surface area contributed by atoms with Gasteiger partial charge < -0.3 is 0 Å². The van der Waals surface area contributed by atoms with Crippen molar-refractivity contribution in [3.63, 3.8) is 0 Å². The van der Waals surface area contributed by atoms with Gasteiger partial charge in [-0.15, -0.1) is 11.3 Å². The van der Waals surface area contributed by atoms with Crippen molar-refractivity contribution in [3.05, 3.63) is 22.4 Å². The Labute approximate surface area is 89.9 Å². The smallest absolute Gasteiger partial charge is 0.0503 e. The first-order valence-corrected chi connectivity index (χ1v) is 6.32. The Hall–Kier alpha value is -0.630. The summed E-state index contributed by atoms with van der Waals surface area (Å²) in [6, 6.07) is 4.86. The topological polar surface area (TPSA) is 12.4 Å². The summed E-state index contributed by atoms with van der Waals surface area (Å²) in [4.78, 5) is 6.13. The molecule has 1 saturated carbocycles. The zero-order valence-corrected chi connectivity index (χ0v) is 9.52. The maximum atomic E-state index is 4.81. The van der Waals surface area contributed by atoms with Crippen LogP contribution < -0.4 is 0 Å². The molecule has 0 aliphatic heterocycles. The molecule has 1 aromatic rings. The number of hydrogen-bond acceptors (Lipinski definition) is 2. The molecule has 0 bridgehead atoms. The largest absolute Gasteiger partial charge is 0.285 e. The minimum absolute atomic E-state index is 0.603. The number of hydrogen-bond donors (Lipinski definition) is 0. The molecular weight excluding hydrogens is 190 g/mol. The summed E-state index contributed by atoms with van der Waals surface area (Å²) in [5.74, 6) is 0. The third-order valence-corrected chi connectivity index (χ3v) is 3.81. The molecule has 1 nitrogen and oxygen atoms in total. The fourth-order valence-corrected chi connectivity index (χ4v) is 2.72. The zero-order chi connectivity index (χ0) is 9.80. The van der Waals surface area contributed by atoms with E-state index >= 15 is 0 Å². The molecule has 1 fully saturated rings. The van der Waals surface area contributed by atoms with Gasteiger partial charge in [0.25, 0.3) is 0 Å². The highest BCUT2D eigenvalue weighted by atomic mass is 32.1. The predicted molar refractivity (Wildman–Crippen MR) is 63.4 cm³/mol. The molecule has 0 atom stereocenters. The summed E-state index contributed by atoms with van der Waals surface area (Å²) in [6.07, 6.45) is 6.73. The summed E-state index contributed by atoms with van der Waals surface area (Å²) in [5, 5.41) is 2.12. The lowest BCUT2D eigenvalue weighted by molar-refractivity contribution is 0.443. The van der Waals surface area contributed by atoms with Crippen LogP contribution in [0.25, 0.3) is 0 Å². The first kappa shape index (κ1) is 9.91. The van der Waals surface area contributed by atoms with E-state index in [2.05, 4.69) is 24.4 Å². The van der Waals surface area contributed by atoms with Gasteiger partial charge in [-0.1, -0.05) is 25.3 Å². The van der Waals surface area contributed by atoms with E-state index in [1.54, 1.807) is 11.3 Å². The highest BCUT2D eigenvalue weighted by molar-refractivity contribution is 7.12. The van der Waals surface area contributed by atoms with Gasteiger partial charge in [-0.3, -0.25) is 4.99 Å². The van der Waals surface area contributed by atoms with Crippen LogP contribution in [0, 0.1) is 0 Å². The fourth-order valence-electron chi connectivity index (χ4n) is 2.03. The van der Waals surface area contributed by atoms with Crippen molar-refractivity contribution < 1.29 is 0 Å². The van der Waals surface area contributed by atoms with Gasteiger partial charge in [0, 0.05) is 10.6 Å². The zero-order valence-electron chi connectivity index (χ0n) is 8.70. The Kier molecular flexibility index (Phi) is 3.35. The quantitative estimate of drug-likeness (QED) is 0.652. The van der Waals surface area contributed by atoms with E-state index in [9.17, 15) is 0 Å². The monoisotopic (exact) mass is 207 g/mol. The number of nitrogens with zero attached hydrogens (tertiary/aromatic N) is 1. The van der Waals surface area contributed by atoms with Crippen LogP contribution in [0.1, 0.15) is 43.9 Å². The van der Waals surface area contributed by atoms with Crippen LogP contribution in [0.15, 0.2) is 22.5 Å². The maximum Gasteiger partial charge on any atom is 0.0503 e. The van der Waals surface area contributed by atoms with Crippen molar-refractivity contribution in [1.29, 1.82) is 0 Å². The molecule has 1 aliphatic rings. The number of aliphatic imine (C=N–C) groups is 1. The molecule has 2 rings (SSSR count). The molecular formula is C12H17NS. The van der Waals surface area contributed by atoms with Gasteiger partial charge in [-0.2, -0.15) is 0 Å². The third kappa shape index (κ3) is 2.44. The van der Waals surface area contributed by atoms with Gasteiger partial charge in [0.05, 0.1) is 6.04 Å². The molecule has 0 aromatic carbocycles. The van der Waals surface area contributed by atoms with E-state index in [0.29, 0.717) is 6.04 Å². The summed E-state index contributed by atoms with van der Waals surface area (Å²) < 4.78 is 0. The molecule has 14 heavy (non-hydrogen) atoms. The summed E-state index contributed by atoms with van der Waals surface area (Å²) in [7, 11) is 0. The van der Waals surface area contributed by atoms with E-state index in [1.807, 2.05) is 0 Å². The van der Waals surface area contributed by atoms with Gasteiger partial charge in [0.15, 0.2) is 0 Å². The first-order valence-electron chi connectivity index (χ1n) is 5.44. The van der Waals surface area contributed by atoms with Gasteiger partial charge >= 0.3 is 0 Å². The molecule has 0 unspecified atom stereocenters. The Morgan fingerprint density at radius 3 is 2.79 bits per heavy atom. The minimum Gasteiger partial charge on any atom is -0.285 e. The molecule has 0 N–H and O–H groups in total. The molecule has 1 heterocycles. The van der Waals surface area contributed by atoms with Gasteiger partial charge in [0.2, 0.25) is 0 Å². The fraction of sp³-hybridized carbons (Fsp3) is 0.583. The lowest BCUT2D eigenvalue weighted by atomic mass is 9.96. The van der Waals surface area contributed by atoms with Crippen LogP contribution >= 0.6 is 11.3 Å². The van der Waals surface area contributed by atoms with Crippen LogP contribution in [0.2, 0.25) is 0 Å². The summed E-state index contributed by atoms with van der Waals surface area (Å²) in [6.45, 7) is 2.14. The Morgan fingerprint density at radius 1 is 1.36 bits per heavy atom. The van der Waals surface area contributed by atoms with Crippen molar-refractivity contribution in [1.82, 2.24) is 0 Å². The molecule has 2 heteroatoms. The molecule has 1 aliphatic carbocycles. The van der Waals surface area contributed by atoms with Crippen molar-refractivity contribution in [3.8, 4) is 0 Å². The van der Waals surface area contributed by atoms with Crippen LogP contribution in [0.5, 0.6) is 0 Å². The first-order chi connectivity index (χ1) is 6.86. The van der Waals surface area contributed by atoms with E-state index < -0.39 is 0 Å². The average Bonchev–Trinajstić information content (AvgIpc) is 2.72. The molecule has 76 valence electrons. The van der Waals surface area contributed by atoms with Crippen molar-refractivity contribution in [2.24, 2.45) is 4.99 Å². The van der Waals surface area contributed by atoms with Crippen LogP contribution in [0.4, 0.5) is 0 Å². The molecule has 0 amide bonds. The summed E-state index contributed by atoms with van der Waals surface area (Å²) in [5.41, 5.74) is 1.23. The number of rotatable bonds is 2. The normalized spacial score (nSPS) is 19.9. The van der Waals surface area contributed by atoms with E-state index in [1.165, 1.54) is 42.7 Å². The second-order valence-electron chi connectivity index (χ2n) is 3.98. The highest BCUT2D eigenvalue weighted by Crippen LogP contribution is 2.21. The second-order valence-corrected chi connectivity index (χ2v) is 4.93. The van der Waals surface area contributed by atoms with E-state index in [-0.39, 0.29) is 0 Å². The van der Waals surface area contributed by atoms with Crippen LogP contribution in [0.3, 0.4) is 0 Å². The standard InChI is InChI=1S/C12H17NS/c1-10(12-8-5-9-14-12)13-11-6-3-2-4-7-11/h5,8-9,11H,2-4,6-7H2,1H3. The lowest BCUT2D eigenvalue weighted by Crippen LogP contribution is -2.11. The predicted octanol–water partition coefficient (Wildman–Crippen LogP) is 3.89. The second kappa shape index (κ2) is 4.74. The molecule has 0 radical (unpaired) electrons. The Morgan fingerprint density at radius 2 is 2.14 bits per heavy atom. The summed E-state index contributed by atoms with van der Waals surface area (Å²) >= 11 is 1.79. The molecule has 1 aromatic heterocycles. The van der Waals surface area contributed by atoms with Crippen LogP contribution in [-0.2, 0) is 0 Å². The van der Waals surface area contributed by atoms with Crippen molar-refractivity contribution >= 4 is 17.0 Å². The van der Waals surface area contributed by atoms with Gasteiger partial charge in [0.1, 0.15) is 0 Å². The average molecular weight is 207 g/mol. The molecule has 0 saturated heterocycles.